The number of benzene rings is 1. The van der Waals surface area contributed by atoms with Crippen molar-refractivity contribution in [3.63, 3.8) is 0 Å². The number of rotatable bonds is 5. The van der Waals surface area contributed by atoms with Crippen molar-refractivity contribution >= 4 is 5.91 Å². The predicted octanol–water partition coefficient (Wildman–Crippen LogP) is 2.37. The number of aromatic nitrogens is 2. The molecule has 20 heavy (non-hydrogen) atoms. The molecular weight excluding hydrogens is 254 g/mol. The molecule has 1 atom stereocenters. The van der Waals surface area contributed by atoms with Gasteiger partial charge in [-0.2, -0.15) is 0 Å². The Hall–Kier alpha value is -2.43. The number of hydrogen-bond acceptors (Lipinski definition) is 4. The molecule has 0 radical (unpaired) electrons. The van der Waals surface area contributed by atoms with Gasteiger partial charge in [0.1, 0.15) is 0 Å². The number of carbonyl (C=O) groups is 1. The molecule has 1 amide bonds. The molecule has 1 unspecified atom stereocenters. The zero-order chi connectivity index (χ0) is 14.4. The highest BCUT2D eigenvalue weighted by atomic mass is 16.5. The van der Waals surface area contributed by atoms with E-state index in [1.54, 1.807) is 12.1 Å². The van der Waals surface area contributed by atoms with Crippen LogP contribution in [0.25, 0.3) is 0 Å². The van der Waals surface area contributed by atoms with Crippen molar-refractivity contribution < 1.29 is 9.53 Å². The summed E-state index contributed by atoms with van der Waals surface area (Å²) in [6.07, 6.45) is 0. The van der Waals surface area contributed by atoms with Crippen LogP contribution in [-0.4, -0.2) is 22.7 Å². The van der Waals surface area contributed by atoms with Crippen LogP contribution in [0.1, 0.15) is 35.9 Å². The number of amides is 1. The monoisotopic (exact) mass is 271 g/mol. The fraction of sp³-hybridized carbons (Fsp3) is 0.267. The van der Waals surface area contributed by atoms with Crippen LogP contribution in [-0.2, 0) is 0 Å². The molecule has 0 aliphatic rings. The second kappa shape index (κ2) is 6.65. The van der Waals surface area contributed by atoms with Crippen LogP contribution < -0.4 is 10.1 Å². The Morgan fingerprint density at radius 2 is 1.95 bits per heavy atom. The molecule has 104 valence electrons. The standard InChI is InChI=1S/C15H17N3O2/c1-3-20-14-10-9-13(17-18-14)15(19)16-11(2)12-7-5-4-6-8-12/h4-11H,3H2,1-2H3,(H,16,19). The van der Waals surface area contributed by atoms with E-state index in [1.807, 2.05) is 44.2 Å². The fourth-order valence-corrected chi connectivity index (χ4v) is 1.76. The number of carbonyl (C=O) groups excluding carboxylic acids is 1. The maximum atomic E-state index is 12.0. The van der Waals surface area contributed by atoms with Crippen molar-refractivity contribution in [2.45, 2.75) is 19.9 Å². The van der Waals surface area contributed by atoms with Gasteiger partial charge in [0.15, 0.2) is 5.69 Å². The Bertz CT molecular complexity index is 555. The lowest BCUT2D eigenvalue weighted by Crippen LogP contribution is -2.27. The third kappa shape index (κ3) is 3.54. The first-order valence-electron chi connectivity index (χ1n) is 6.53. The molecule has 0 saturated carbocycles. The van der Waals surface area contributed by atoms with Gasteiger partial charge >= 0.3 is 0 Å². The fourth-order valence-electron chi connectivity index (χ4n) is 1.76. The quantitative estimate of drug-likeness (QED) is 0.906. The molecule has 0 aliphatic carbocycles. The lowest BCUT2D eigenvalue weighted by atomic mass is 10.1. The van der Waals surface area contributed by atoms with E-state index in [1.165, 1.54) is 0 Å². The highest BCUT2D eigenvalue weighted by Gasteiger charge is 2.13. The first-order valence-corrected chi connectivity index (χ1v) is 6.53. The average molecular weight is 271 g/mol. The number of hydrogen-bond donors (Lipinski definition) is 1. The summed E-state index contributed by atoms with van der Waals surface area (Å²) < 4.78 is 5.19. The van der Waals surface area contributed by atoms with Crippen molar-refractivity contribution in [3.8, 4) is 5.88 Å². The summed E-state index contributed by atoms with van der Waals surface area (Å²) in [5.74, 6) is 0.164. The summed E-state index contributed by atoms with van der Waals surface area (Å²) in [5, 5.41) is 10.6. The summed E-state index contributed by atoms with van der Waals surface area (Å²) in [7, 11) is 0. The smallest absolute Gasteiger partial charge is 0.272 e. The molecular formula is C15H17N3O2. The van der Waals surface area contributed by atoms with E-state index in [0.717, 1.165) is 5.56 Å². The van der Waals surface area contributed by atoms with E-state index >= 15 is 0 Å². The molecule has 1 aromatic carbocycles. The molecule has 0 saturated heterocycles. The van der Waals surface area contributed by atoms with Crippen LogP contribution in [0.3, 0.4) is 0 Å². The van der Waals surface area contributed by atoms with Gasteiger partial charge in [-0.05, 0) is 25.5 Å². The average Bonchev–Trinajstić information content (AvgIpc) is 2.49. The largest absolute Gasteiger partial charge is 0.477 e. The Morgan fingerprint density at radius 3 is 2.55 bits per heavy atom. The molecule has 0 bridgehead atoms. The lowest BCUT2D eigenvalue weighted by Gasteiger charge is -2.13. The molecule has 2 rings (SSSR count). The second-order valence-corrected chi connectivity index (χ2v) is 4.30. The van der Waals surface area contributed by atoms with Crippen molar-refractivity contribution in [2.24, 2.45) is 0 Å². The highest BCUT2D eigenvalue weighted by Crippen LogP contribution is 2.12. The molecule has 1 heterocycles. The first kappa shape index (κ1) is 14.0. The number of ether oxygens (including phenoxy) is 1. The summed E-state index contributed by atoms with van der Waals surface area (Å²) in [4.78, 5) is 12.0. The normalized spacial score (nSPS) is 11.7. The first-order chi connectivity index (χ1) is 9.70. The third-order valence-corrected chi connectivity index (χ3v) is 2.81. The topological polar surface area (TPSA) is 64.1 Å². The maximum absolute atomic E-state index is 12.0. The molecule has 0 aliphatic heterocycles. The second-order valence-electron chi connectivity index (χ2n) is 4.30. The molecule has 0 fully saturated rings. The van der Waals surface area contributed by atoms with Crippen LogP contribution in [0.5, 0.6) is 5.88 Å². The van der Waals surface area contributed by atoms with Gasteiger partial charge in [-0.1, -0.05) is 30.3 Å². The van der Waals surface area contributed by atoms with E-state index in [2.05, 4.69) is 15.5 Å². The minimum Gasteiger partial charge on any atom is -0.477 e. The van der Waals surface area contributed by atoms with Gasteiger partial charge in [0.05, 0.1) is 12.6 Å². The molecule has 0 spiro atoms. The van der Waals surface area contributed by atoms with Crippen LogP contribution >= 0.6 is 0 Å². The summed E-state index contributed by atoms with van der Waals surface area (Å²) in [6.45, 7) is 4.31. The Kier molecular flexibility index (Phi) is 4.65. The minimum atomic E-state index is -0.253. The zero-order valence-corrected chi connectivity index (χ0v) is 11.5. The predicted molar refractivity (Wildman–Crippen MR) is 75.5 cm³/mol. The van der Waals surface area contributed by atoms with Crippen LogP contribution in [0.15, 0.2) is 42.5 Å². The Balaban J connectivity index is 2.01. The van der Waals surface area contributed by atoms with E-state index in [4.69, 9.17) is 4.74 Å². The van der Waals surface area contributed by atoms with Gasteiger partial charge in [-0.25, -0.2) is 0 Å². The summed E-state index contributed by atoms with van der Waals surface area (Å²) >= 11 is 0. The van der Waals surface area contributed by atoms with E-state index in [9.17, 15) is 4.79 Å². The lowest BCUT2D eigenvalue weighted by molar-refractivity contribution is 0.0933. The van der Waals surface area contributed by atoms with Gasteiger partial charge in [0.2, 0.25) is 5.88 Å². The van der Waals surface area contributed by atoms with Crippen molar-refractivity contribution in [1.82, 2.24) is 15.5 Å². The van der Waals surface area contributed by atoms with E-state index < -0.39 is 0 Å². The summed E-state index contributed by atoms with van der Waals surface area (Å²) in [6, 6.07) is 12.9. The Labute approximate surface area is 118 Å². The third-order valence-electron chi connectivity index (χ3n) is 2.81. The molecule has 1 aromatic heterocycles. The molecule has 1 N–H and O–H groups in total. The van der Waals surface area contributed by atoms with Crippen LogP contribution in [0.4, 0.5) is 0 Å². The van der Waals surface area contributed by atoms with Gasteiger partial charge < -0.3 is 10.1 Å². The molecule has 2 aromatic rings. The van der Waals surface area contributed by atoms with Gasteiger partial charge in [0, 0.05) is 6.07 Å². The number of nitrogens with one attached hydrogen (secondary N) is 1. The van der Waals surface area contributed by atoms with Gasteiger partial charge in [-0.3, -0.25) is 4.79 Å². The van der Waals surface area contributed by atoms with Gasteiger partial charge in [0.25, 0.3) is 5.91 Å². The van der Waals surface area contributed by atoms with E-state index in [0.29, 0.717) is 12.5 Å². The maximum Gasteiger partial charge on any atom is 0.272 e. The van der Waals surface area contributed by atoms with Crippen molar-refractivity contribution in [3.05, 3.63) is 53.7 Å². The SMILES string of the molecule is CCOc1ccc(C(=O)NC(C)c2ccccc2)nn1. The highest BCUT2D eigenvalue weighted by molar-refractivity contribution is 5.92. The van der Waals surface area contributed by atoms with Gasteiger partial charge in [-0.15, -0.1) is 10.2 Å². The van der Waals surface area contributed by atoms with Crippen LogP contribution in [0.2, 0.25) is 0 Å². The Morgan fingerprint density at radius 1 is 1.20 bits per heavy atom. The van der Waals surface area contributed by atoms with Crippen molar-refractivity contribution in [2.75, 3.05) is 6.61 Å². The van der Waals surface area contributed by atoms with Crippen LogP contribution in [0, 0.1) is 0 Å². The molecule has 5 nitrogen and oxygen atoms in total. The van der Waals surface area contributed by atoms with Crippen molar-refractivity contribution in [1.29, 1.82) is 0 Å². The van der Waals surface area contributed by atoms with E-state index in [-0.39, 0.29) is 17.6 Å². The molecule has 5 heteroatoms. The summed E-state index contributed by atoms with van der Waals surface area (Å²) in [5.41, 5.74) is 1.32. The number of nitrogens with zero attached hydrogens (tertiary/aromatic N) is 2. The zero-order valence-electron chi connectivity index (χ0n) is 11.5. The minimum absolute atomic E-state index is 0.0860.